The fourth-order valence-electron chi connectivity index (χ4n) is 3.03. The molecule has 1 aliphatic heterocycles. The number of pyridine rings is 1. The number of hydrogen-bond acceptors (Lipinski definition) is 4. The molecule has 1 aliphatic rings. The molecule has 0 unspecified atom stereocenters. The number of carbonyl (C=O) groups is 2. The van der Waals surface area contributed by atoms with Crippen molar-refractivity contribution in [2.75, 3.05) is 19.6 Å². The van der Waals surface area contributed by atoms with E-state index < -0.39 is 0 Å². The SMILES string of the molecule is O=C(NCC1CCN(C(=O)OCc2ccc(F)cc2)CC1)c1ccc(=O)[nH]c1. The Hall–Kier alpha value is -3.16. The molecule has 1 aromatic carbocycles. The van der Waals surface area contributed by atoms with E-state index >= 15 is 0 Å². The highest BCUT2D eigenvalue weighted by molar-refractivity contribution is 5.93. The van der Waals surface area contributed by atoms with E-state index in [2.05, 4.69) is 10.3 Å². The molecule has 28 heavy (non-hydrogen) atoms. The Labute approximate surface area is 161 Å². The summed E-state index contributed by atoms with van der Waals surface area (Å²) in [7, 11) is 0. The molecule has 7 nitrogen and oxygen atoms in total. The standard InChI is InChI=1S/C20H22FN3O4/c21-17-4-1-15(2-5-17)13-28-20(27)24-9-7-14(8-10-24)11-23-19(26)16-3-6-18(25)22-12-16/h1-6,12,14H,7-11,13H2,(H,22,25)(H,23,26). The van der Waals surface area contributed by atoms with Crippen molar-refractivity contribution in [3.8, 4) is 0 Å². The number of ether oxygens (including phenoxy) is 1. The van der Waals surface area contributed by atoms with Crippen molar-refractivity contribution in [2.45, 2.75) is 19.4 Å². The summed E-state index contributed by atoms with van der Waals surface area (Å²) >= 11 is 0. The molecule has 148 valence electrons. The molecule has 1 saturated heterocycles. The molecule has 0 saturated carbocycles. The summed E-state index contributed by atoms with van der Waals surface area (Å²) in [5.74, 6) is -0.296. The second-order valence-electron chi connectivity index (χ2n) is 6.76. The Morgan fingerprint density at radius 2 is 1.86 bits per heavy atom. The van der Waals surface area contributed by atoms with Gasteiger partial charge in [-0.2, -0.15) is 0 Å². The predicted octanol–water partition coefficient (Wildman–Crippen LogP) is 2.29. The predicted molar refractivity (Wildman–Crippen MR) is 100 cm³/mol. The van der Waals surface area contributed by atoms with E-state index in [-0.39, 0.29) is 35.9 Å². The summed E-state index contributed by atoms with van der Waals surface area (Å²) in [6, 6.07) is 8.62. The number of carbonyl (C=O) groups excluding carboxylic acids is 2. The number of halogens is 1. The van der Waals surface area contributed by atoms with Crippen molar-refractivity contribution < 1.29 is 18.7 Å². The fourth-order valence-corrected chi connectivity index (χ4v) is 3.03. The molecule has 1 fully saturated rings. The second-order valence-corrected chi connectivity index (χ2v) is 6.76. The van der Waals surface area contributed by atoms with Gasteiger partial charge in [0.2, 0.25) is 5.56 Å². The Kier molecular flexibility index (Phi) is 6.41. The van der Waals surface area contributed by atoms with Gasteiger partial charge in [-0.3, -0.25) is 9.59 Å². The number of nitrogens with one attached hydrogen (secondary N) is 2. The minimum atomic E-state index is -0.389. The lowest BCUT2D eigenvalue weighted by Gasteiger charge is -2.31. The number of rotatable bonds is 5. The summed E-state index contributed by atoms with van der Waals surface area (Å²) in [6.45, 7) is 1.73. The lowest BCUT2D eigenvalue weighted by atomic mass is 9.97. The summed E-state index contributed by atoms with van der Waals surface area (Å²) < 4.78 is 18.2. The van der Waals surface area contributed by atoms with Gasteiger partial charge in [0.05, 0.1) is 5.56 Å². The maximum atomic E-state index is 12.9. The van der Waals surface area contributed by atoms with Crippen molar-refractivity contribution in [1.29, 1.82) is 0 Å². The van der Waals surface area contributed by atoms with Crippen LogP contribution in [0.25, 0.3) is 0 Å². The Balaban J connectivity index is 1.38. The van der Waals surface area contributed by atoms with Crippen molar-refractivity contribution >= 4 is 12.0 Å². The lowest BCUT2D eigenvalue weighted by Crippen LogP contribution is -2.41. The number of nitrogens with zero attached hydrogens (tertiary/aromatic N) is 1. The van der Waals surface area contributed by atoms with Crippen LogP contribution in [0.15, 0.2) is 47.4 Å². The van der Waals surface area contributed by atoms with E-state index in [0.717, 1.165) is 18.4 Å². The van der Waals surface area contributed by atoms with Crippen LogP contribution in [0, 0.1) is 11.7 Å². The molecule has 2 heterocycles. The lowest BCUT2D eigenvalue weighted by molar-refractivity contribution is 0.0800. The molecule has 3 rings (SSSR count). The van der Waals surface area contributed by atoms with Crippen LogP contribution in [0.1, 0.15) is 28.8 Å². The Morgan fingerprint density at radius 1 is 1.14 bits per heavy atom. The number of aromatic nitrogens is 1. The van der Waals surface area contributed by atoms with Crippen LogP contribution in [-0.4, -0.2) is 41.5 Å². The first-order valence-corrected chi connectivity index (χ1v) is 9.14. The summed E-state index contributed by atoms with van der Waals surface area (Å²) in [6.07, 6.45) is 2.52. The second kappa shape index (κ2) is 9.16. The highest BCUT2D eigenvalue weighted by Gasteiger charge is 2.24. The van der Waals surface area contributed by atoms with Gasteiger partial charge in [0.25, 0.3) is 5.91 Å². The molecule has 0 spiro atoms. The zero-order valence-electron chi connectivity index (χ0n) is 15.3. The van der Waals surface area contributed by atoms with E-state index in [4.69, 9.17) is 4.74 Å². The number of H-pyrrole nitrogens is 1. The van der Waals surface area contributed by atoms with Gasteiger partial charge >= 0.3 is 6.09 Å². The maximum Gasteiger partial charge on any atom is 0.410 e. The van der Waals surface area contributed by atoms with E-state index in [1.165, 1.54) is 30.5 Å². The molecule has 0 radical (unpaired) electrons. The minimum Gasteiger partial charge on any atom is -0.445 e. The molecule has 8 heteroatoms. The highest BCUT2D eigenvalue weighted by Crippen LogP contribution is 2.18. The molecule has 1 aromatic heterocycles. The molecule has 0 atom stereocenters. The molecular weight excluding hydrogens is 365 g/mol. The van der Waals surface area contributed by atoms with Crippen LogP contribution in [0.5, 0.6) is 0 Å². The summed E-state index contributed by atoms with van der Waals surface area (Å²) in [5, 5.41) is 2.86. The first-order valence-electron chi connectivity index (χ1n) is 9.14. The van der Waals surface area contributed by atoms with Crippen LogP contribution >= 0.6 is 0 Å². The molecule has 2 amide bonds. The largest absolute Gasteiger partial charge is 0.445 e. The minimum absolute atomic E-state index is 0.105. The Bertz CT molecular complexity index is 853. The third kappa shape index (κ3) is 5.42. The zero-order chi connectivity index (χ0) is 19.9. The van der Waals surface area contributed by atoms with Gasteiger partial charge in [0.1, 0.15) is 12.4 Å². The van der Waals surface area contributed by atoms with Crippen LogP contribution in [0.3, 0.4) is 0 Å². The normalized spacial score (nSPS) is 14.5. The number of likely N-dealkylation sites (tertiary alicyclic amines) is 1. The number of amides is 2. The summed E-state index contributed by atoms with van der Waals surface area (Å²) in [5.41, 5.74) is 0.881. The molecule has 0 aliphatic carbocycles. The first kappa shape index (κ1) is 19.6. The van der Waals surface area contributed by atoms with E-state index in [9.17, 15) is 18.8 Å². The van der Waals surface area contributed by atoms with Crippen molar-refractivity contribution in [3.05, 3.63) is 69.9 Å². The number of aromatic amines is 1. The molecule has 0 bridgehead atoms. The van der Waals surface area contributed by atoms with Gasteiger partial charge in [-0.05, 0) is 42.5 Å². The number of benzene rings is 1. The number of piperidine rings is 1. The average Bonchev–Trinajstić information content (AvgIpc) is 2.72. The van der Waals surface area contributed by atoms with E-state index in [1.54, 1.807) is 17.0 Å². The third-order valence-electron chi connectivity index (χ3n) is 4.75. The van der Waals surface area contributed by atoms with Gasteiger partial charge in [-0.1, -0.05) is 12.1 Å². The molecule has 2 aromatic rings. The van der Waals surface area contributed by atoms with Crippen LogP contribution < -0.4 is 10.9 Å². The topological polar surface area (TPSA) is 91.5 Å². The van der Waals surface area contributed by atoms with Crippen molar-refractivity contribution in [3.63, 3.8) is 0 Å². The first-order chi connectivity index (χ1) is 13.5. The number of hydrogen-bond donors (Lipinski definition) is 2. The van der Waals surface area contributed by atoms with E-state index in [0.29, 0.717) is 25.2 Å². The maximum absolute atomic E-state index is 12.9. The molecular formula is C20H22FN3O4. The molecule has 2 N–H and O–H groups in total. The van der Waals surface area contributed by atoms with Crippen LogP contribution in [-0.2, 0) is 11.3 Å². The fraction of sp³-hybridized carbons (Fsp3) is 0.350. The van der Waals surface area contributed by atoms with Crippen LogP contribution in [0.2, 0.25) is 0 Å². The van der Waals surface area contributed by atoms with Gasteiger partial charge < -0.3 is 19.9 Å². The van der Waals surface area contributed by atoms with Gasteiger partial charge in [0.15, 0.2) is 0 Å². The van der Waals surface area contributed by atoms with Gasteiger partial charge in [0, 0.05) is 31.9 Å². The van der Waals surface area contributed by atoms with Crippen molar-refractivity contribution in [1.82, 2.24) is 15.2 Å². The monoisotopic (exact) mass is 387 g/mol. The third-order valence-corrected chi connectivity index (χ3v) is 4.75. The quantitative estimate of drug-likeness (QED) is 0.824. The zero-order valence-corrected chi connectivity index (χ0v) is 15.3. The van der Waals surface area contributed by atoms with Gasteiger partial charge in [-0.25, -0.2) is 9.18 Å². The van der Waals surface area contributed by atoms with Gasteiger partial charge in [-0.15, -0.1) is 0 Å². The van der Waals surface area contributed by atoms with Crippen molar-refractivity contribution in [2.24, 2.45) is 5.92 Å². The Morgan fingerprint density at radius 3 is 2.50 bits per heavy atom. The summed E-state index contributed by atoms with van der Waals surface area (Å²) in [4.78, 5) is 39.4. The van der Waals surface area contributed by atoms with Crippen LogP contribution in [0.4, 0.5) is 9.18 Å². The smallest absolute Gasteiger partial charge is 0.410 e. The van der Waals surface area contributed by atoms with E-state index in [1.807, 2.05) is 0 Å². The average molecular weight is 387 g/mol. The highest BCUT2D eigenvalue weighted by atomic mass is 19.1.